The molecule has 1 saturated carbocycles. The second-order valence-electron chi connectivity index (χ2n) is 6.30. The van der Waals surface area contributed by atoms with E-state index < -0.39 is 0 Å². The van der Waals surface area contributed by atoms with Gasteiger partial charge in [0.25, 0.3) is 0 Å². The van der Waals surface area contributed by atoms with Gasteiger partial charge in [-0.3, -0.25) is 0 Å². The molecule has 1 heterocycles. The fourth-order valence-electron chi connectivity index (χ4n) is 3.48. The lowest BCUT2D eigenvalue weighted by atomic mass is 9.63. The minimum atomic E-state index is 0.231. The summed E-state index contributed by atoms with van der Waals surface area (Å²) >= 11 is 3.65. The van der Waals surface area contributed by atoms with Crippen LogP contribution < -0.4 is 4.74 Å². The molecule has 92 valence electrons. The number of ether oxygens (including phenoxy) is 1. The Morgan fingerprint density at radius 2 is 2.00 bits per heavy atom. The van der Waals surface area contributed by atoms with Crippen LogP contribution in [0.5, 0.6) is 5.75 Å². The minimum Gasteiger partial charge on any atom is -0.490 e. The molecule has 1 aromatic rings. The van der Waals surface area contributed by atoms with Crippen LogP contribution in [0.2, 0.25) is 0 Å². The Hall–Kier alpha value is -0.500. The van der Waals surface area contributed by atoms with Crippen molar-refractivity contribution in [3.63, 3.8) is 0 Å². The molecule has 2 heteroatoms. The minimum absolute atomic E-state index is 0.231. The SMILES string of the molecule is Cc1cc2c(cc1Br)[C@@]1(C)CCC(O2)C1(C)C. The average Bonchev–Trinajstić information content (AvgIpc) is 2.41. The number of fused-ring (bicyclic) bond motifs is 4. The molecule has 1 fully saturated rings. The van der Waals surface area contributed by atoms with Gasteiger partial charge < -0.3 is 4.74 Å². The van der Waals surface area contributed by atoms with E-state index in [0.29, 0.717) is 6.10 Å². The summed E-state index contributed by atoms with van der Waals surface area (Å²) in [5.41, 5.74) is 3.12. The van der Waals surface area contributed by atoms with Crippen LogP contribution in [0.3, 0.4) is 0 Å². The Labute approximate surface area is 112 Å². The highest BCUT2D eigenvalue weighted by atomic mass is 79.9. The summed E-state index contributed by atoms with van der Waals surface area (Å²) < 4.78 is 7.41. The van der Waals surface area contributed by atoms with Crippen LogP contribution in [0.15, 0.2) is 16.6 Å². The predicted octanol–water partition coefficient (Wildman–Crippen LogP) is 4.60. The van der Waals surface area contributed by atoms with E-state index in [1.54, 1.807) is 0 Å². The van der Waals surface area contributed by atoms with Crippen LogP contribution in [0.4, 0.5) is 0 Å². The second-order valence-corrected chi connectivity index (χ2v) is 7.15. The predicted molar refractivity (Wildman–Crippen MR) is 73.7 cm³/mol. The summed E-state index contributed by atoms with van der Waals surface area (Å²) in [7, 11) is 0. The zero-order valence-corrected chi connectivity index (χ0v) is 12.5. The second kappa shape index (κ2) is 3.28. The van der Waals surface area contributed by atoms with Gasteiger partial charge in [-0.15, -0.1) is 0 Å². The fraction of sp³-hybridized carbons (Fsp3) is 0.600. The van der Waals surface area contributed by atoms with Gasteiger partial charge in [-0.05, 0) is 37.5 Å². The molecule has 0 saturated heterocycles. The van der Waals surface area contributed by atoms with E-state index in [4.69, 9.17) is 4.74 Å². The van der Waals surface area contributed by atoms with Crippen molar-refractivity contribution in [2.24, 2.45) is 5.41 Å². The van der Waals surface area contributed by atoms with Gasteiger partial charge in [0.2, 0.25) is 0 Å². The standard InChI is InChI=1S/C15H19BrO/c1-9-7-12-10(8-11(9)16)15(4)6-5-13(17-12)14(15,2)3/h7-8,13H,5-6H2,1-4H3/t13?,15-/m1/s1. The first-order valence-corrected chi connectivity index (χ1v) is 7.13. The first-order valence-electron chi connectivity index (χ1n) is 6.33. The monoisotopic (exact) mass is 294 g/mol. The molecule has 2 aliphatic rings. The molecule has 1 nitrogen and oxygen atoms in total. The zero-order valence-electron chi connectivity index (χ0n) is 10.9. The molecule has 3 rings (SSSR count). The highest BCUT2D eigenvalue weighted by Gasteiger charge is 2.57. The van der Waals surface area contributed by atoms with Gasteiger partial charge in [0.1, 0.15) is 11.9 Å². The van der Waals surface area contributed by atoms with Crippen molar-refractivity contribution in [2.75, 3.05) is 0 Å². The number of halogens is 1. The molecular formula is C15H19BrO. The lowest BCUT2D eigenvalue weighted by Gasteiger charge is -2.46. The molecule has 1 unspecified atom stereocenters. The van der Waals surface area contributed by atoms with Gasteiger partial charge in [0, 0.05) is 20.9 Å². The first kappa shape index (κ1) is 11.6. The lowest BCUT2D eigenvalue weighted by molar-refractivity contribution is 0.0391. The van der Waals surface area contributed by atoms with Crippen LogP contribution in [0, 0.1) is 12.3 Å². The third kappa shape index (κ3) is 1.31. The largest absolute Gasteiger partial charge is 0.490 e. The van der Waals surface area contributed by atoms with Gasteiger partial charge in [-0.1, -0.05) is 36.7 Å². The Morgan fingerprint density at radius 1 is 1.29 bits per heavy atom. The third-order valence-corrected chi connectivity index (χ3v) is 6.11. The number of benzene rings is 1. The van der Waals surface area contributed by atoms with E-state index in [1.807, 2.05) is 0 Å². The Morgan fingerprint density at radius 3 is 2.71 bits per heavy atom. The van der Waals surface area contributed by atoms with Gasteiger partial charge in [-0.2, -0.15) is 0 Å². The van der Waals surface area contributed by atoms with Crippen LogP contribution in [-0.2, 0) is 5.41 Å². The van der Waals surface area contributed by atoms with Gasteiger partial charge in [-0.25, -0.2) is 0 Å². The van der Waals surface area contributed by atoms with Crippen molar-refractivity contribution < 1.29 is 4.74 Å². The van der Waals surface area contributed by atoms with E-state index >= 15 is 0 Å². The molecule has 1 aliphatic carbocycles. The Kier molecular flexibility index (Phi) is 2.24. The third-order valence-electron chi connectivity index (χ3n) is 5.26. The molecule has 0 N–H and O–H groups in total. The number of rotatable bonds is 0. The highest BCUT2D eigenvalue weighted by Crippen LogP contribution is 2.60. The van der Waals surface area contributed by atoms with Gasteiger partial charge in [0.15, 0.2) is 0 Å². The van der Waals surface area contributed by atoms with Crippen LogP contribution in [0.1, 0.15) is 44.7 Å². The summed E-state index contributed by atoms with van der Waals surface area (Å²) in [5.74, 6) is 1.11. The molecule has 1 aliphatic heterocycles. The van der Waals surface area contributed by atoms with Crippen molar-refractivity contribution in [3.05, 3.63) is 27.7 Å². The Balaban J connectivity index is 2.26. The maximum Gasteiger partial charge on any atom is 0.123 e. The summed E-state index contributed by atoms with van der Waals surface area (Å²) in [6.07, 6.45) is 2.78. The first-order chi connectivity index (χ1) is 7.86. The maximum absolute atomic E-state index is 6.22. The maximum atomic E-state index is 6.22. The summed E-state index contributed by atoms with van der Waals surface area (Å²) in [4.78, 5) is 0. The number of hydrogen-bond acceptors (Lipinski definition) is 1. The van der Waals surface area contributed by atoms with E-state index in [-0.39, 0.29) is 10.8 Å². The molecule has 1 aromatic carbocycles. The molecule has 0 radical (unpaired) electrons. The molecule has 0 aromatic heterocycles. The van der Waals surface area contributed by atoms with Crippen molar-refractivity contribution >= 4 is 15.9 Å². The molecular weight excluding hydrogens is 276 g/mol. The van der Waals surface area contributed by atoms with Crippen LogP contribution in [-0.4, -0.2) is 6.10 Å². The van der Waals surface area contributed by atoms with Crippen LogP contribution >= 0.6 is 15.9 Å². The smallest absolute Gasteiger partial charge is 0.123 e. The fourth-order valence-corrected chi connectivity index (χ4v) is 3.83. The number of hydrogen-bond donors (Lipinski definition) is 0. The lowest BCUT2D eigenvalue weighted by Crippen LogP contribution is -2.46. The highest BCUT2D eigenvalue weighted by molar-refractivity contribution is 9.10. The Bertz CT molecular complexity index is 492. The van der Waals surface area contributed by atoms with Crippen molar-refractivity contribution in [2.45, 2.75) is 52.1 Å². The summed E-state index contributed by atoms with van der Waals surface area (Å²) in [6.45, 7) is 9.22. The summed E-state index contributed by atoms with van der Waals surface area (Å²) in [5, 5.41) is 0. The normalized spacial score (nSPS) is 33.1. The van der Waals surface area contributed by atoms with E-state index in [1.165, 1.54) is 28.4 Å². The van der Waals surface area contributed by atoms with Crippen LogP contribution in [0.25, 0.3) is 0 Å². The van der Waals surface area contributed by atoms with Crippen molar-refractivity contribution in [3.8, 4) is 5.75 Å². The van der Waals surface area contributed by atoms with Gasteiger partial charge in [0.05, 0.1) is 0 Å². The average molecular weight is 295 g/mol. The number of aryl methyl sites for hydroxylation is 1. The molecule has 2 atom stereocenters. The molecule has 0 spiro atoms. The zero-order chi connectivity index (χ0) is 12.4. The van der Waals surface area contributed by atoms with Gasteiger partial charge >= 0.3 is 0 Å². The molecule has 17 heavy (non-hydrogen) atoms. The topological polar surface area (TPSA) is 9.23 Å². The quantitative estimate of drug-likeness (QED) is 0.680. The van der Waals surface area contributed by atoms with Crippen molar-refractivity contribution in [1.82, 2.24) is 0 Å². The summed E-state index contributed by atoms with van der Waals surface area (Å²) in [6, 6.07) is 4.46. The van der Waals surface area contributed by atoms with Crippen molar-refractivity contribution in [1.29, 1.82) is 0 Å². The molecule has 2 bridgehead atoms. The van der Waals surface area contributed by atoms with E-state index in [0.717, 1.165) is 5.75 Å². The van der Waals surface area contributed by atoms with E-state index in [9.17, 15) is 0 Å². The van der Waals surface area contributed by atoms with E-state index in [2.05, 4.69) is 55.8 Å². The molecule has 0 amide bonds.